The highest BCUT2D eigenvalue weighted by Gasteiger charge is 2.23. The highest BCUT2D eigenvalue weighted by Crippen LogP contribution is 2.40. The van der Waals surface area contributed by atoms with E-state index >= 15 is 0 Å². The second-order valence-corrected chi connectivity index (χ2v) is 6.05. The zero-order valence-corrected chi connectivity index (χ0v) is 14.4. The predicted molar refractivity (Wildman–Crippen MR) is 92.4 cm³/mol. The molecule has 2 N–H and O–H groups in total. The average molecular weight is 368 g/mol. The second kappa shape index (κ2) is 7.21. The van der Waals surface area contributed by atoms with Gasteiger partial charge < -0.3 is 19.9 Å². The molecule has 0 saturated heterocycles. The van der Waals surface area contributed by atoms with Crippen LogP contribution >= 0.6 is 11.8 Å². The van der Waals surface area contributed by atoms with Crippen molar-refractivity contribution in [3.63, 3.8) is 0 Å². The van der Waals surface area contributed by atoms with E-state index in [0.29, 0.717) is 22.6 Å². The Kier molecular flexibility index (Phi) is 4.83. The topological polar surface area (TPSA) is 131 Å². The van der Waals surface area contributed by atoms with Crippen molar-refractivity contribution in [3.8, 4) is 34.8 Å². The third-order valence-electron chi connectivity index (χ3n) is 3.63. The number of benzene rings is 1. The zero-order valence-electron chi connectivity index (χ0n) is 13.6. The molecule has 8 nitrogen and oxygen atoms in total. The van der Waals surface area contributed by atoms with Crippen molar-refractivity contribution in [2.24, 2.45) is 0 Å². The third-order valence-corrected chi connectivity index (χ3v) is 4.58. The lowest BCUT2D eigenvalue weighted by molar-refractivity contribution is -0.137. The van der Waals surface area contributed by atoms with Crippen LogP contribution in [0.5, 0.6) is 11.5 Å². The van der Waals surface area contributed by atoms with E-state index < -0.39 is 5.97 Å². The molecule has 0 aliphatic carbocycles. The number of anilines is 1. The summed E-state index contributed by atoms with van der Waals surface area (Å²) in [6, 6.07) is 9.13. The lowest BCUT2D eigenvalue weighted by atomic mass is 9.96. The van der Waals surface area contributed by atoms with Crippen molar-refractivity contribution < 1.29 is 19.0 Å². The molecule has 0 spiro atoms. The lowest BCUT2D eigenvalue weighted by Gasteiger charge is -2.13. The number of hydrogen-bond donors (Lipinski definition) is 1. The Labute approximate surface area is 153 Å². The third kappa shape index (κ3) is 3.08. The number of hydrogen-bond acceptors (Lipinski definition) is 9. The molecule has 2 aromatic rings. The molecule has 0 fully saturated rings. The minimum atomic E-state index is -0.465. The highest BCUT2D eigenvalue weighted by atomic mass is 32.2. The summed E-state index contributed by atoms with van der Waals surface area (Å²) in [5.74, 6) is 0.562. The van der Waals surface area contributed by atoms with E-state index in [2.05, 4.69) is 15.8 Å². The molecule has 1 aromatic heterocycles. The number of carbonyl (C=O) groups excluding carboxylic acids is 1. The average Bonchev–Trinajstić information content (AvgIpc) is 3.13. The van der Waals surface area contributed by atoms with Gasteiger partial charge in [-0.1, -0.05) is 17.8 Å². The fraction of sp³-hybridized carbons (Fsp3) is 0.176. The van der Waals surface area contributed by atoms with E-state index in [1.54, 1.807) is 18.2 Å². The number of thioether (sulfide) groups is 1. The predicted octanol–water partition coefficient (Wildman–Crippen LogP) is 2.07. The smallest absolute Gasteiger partial charge is 0.316 e. The maximum Gasteiger partial charge on any atom is 0.316 e. The van der Waals surface area contributed by atoms with Crippen LogP contribution in [-0.2, 0) is 9.53 Å². The Morgan fingerprint density at radius 2 is 2.04 bits per heavy atom. The molecule has 1 aliphatic heterocycles. The van der Waals surface area contributed by atoms with Crippen LogP contribution in [0.3, 0.4) is 0 Å². The summed E-state index contributed by atoms with van der Waals surface area (Å²) in [6.45, 7) is 0.105. The molecular weight excluding hydrogens is 356 g/mol. The highest BCUT2D eigenvalue weighted by molar-refractivity contribution is 7.99. The number of nitrogen functional groups attached to an aromatic ring is 1. The van der Waals surface area contributed by atoms with E-state index in [9.17, 15) is 15.3 Å². The Morgan fingerprint density at radius 3 is 2.73 bits per heavy atom. The number of nitrogens with two attached hydrogens (primary N) is 1. The first-order valence-electron chi connectivity index (χ1n) is 7.32. The van der Waals surface area contributed by atoms with Gasteiger partial charge in [0, 0.05) is 5.56 Å². The van der Waals surface area contributed by atoms with Crippen LogP contribution in [-0.4, -0.2) is 30.6 Å². The number of nitriles is 2. The maximum absolute atomic E-state index is 11.4. The number of ether oxygens (including phenoxy) is 3. The summed E-state index contributed by atoms with van der Waals surface area (Å²) in [4.78, 5) is 15.5. The van der Waals surface area contributed by atoms with E-state index in [4.69, 9.17) is 15.2 Å². The van der Waals surface area contributed by atoms with Gasteiger partial charge in [0.05, 0.1) is 18.4 Å². The lowest BCUT2D eigenvalue weighted by Crippen LogP contribution is -2.07. The first kappa shape index (κ1) is 17.4. The number of methoxy groups -OCH3 is 1. The fourth-order valence-electron chi connectivity index (χ4n) is 2.43. The summed E-state index contributed by atoms with van der Waals surface area (Å²) in [7, 11) is 1.27. The van der Waals surface area contributed by atoms with Crippen LogP contribution in [0, 0.1) is 22.7 Å². The molecule has 1 aromatic carbocycles. The van der Waals surface area contributed by atoms with Gasteiger partial charge in [0.2, 0.25) is 6.79 Å². The summed E-state index contributed by atoms with van der Waals surface area (Å²) in [5.41, 5.74) is 7.07. The number of aromatic nitrogens is 1. The first-order valence-corrected chi connectivity index (χ1v) is 8.31. The van der Waals surface area contributed by atoms with E-state index in [-0.39, 0.29) is 34.5 Å². The number of rotatable bonds is 4. The van der Waals surface area contributed by atoms with Gasteiger partial charge >= 0.3 is 5.97 Å². The standard InChI is InChI=1S/C17H12N4O4S/c1-23-14(22)7-26-17-11(6-19)15(10(5-18)16(20)21-17)9-2-3-12-13(4-9)25-8-24-12/h2-4H,7-8H2,1H3,(H2,20,21). The molecule has 26 heavy (non-hydrogen) atoms. The normalized spacial score (nSPS) is 11.5. The van der Waals surface area contributed by atoms with Crippen molar-refractivity contribution in [1.29, 1.82) is 10.5 Å². The Balaban J connectivity index is 2.16. The molecule has 0 saturated carbocycles. The van der Waals surface area contributed by atoms with Crippen LogP contribution in [0.15, 0.2) is 23.2 Å². The van der Waals surface area contributed by atoms with Crippen molar-refractivity contribution >= 4 is 23.5 Å². The molecule has 1 aliphatic rings. The van der Waals surface area contributed by atoms with Gasteiger partial charge in [0.1, 0.15) is 28.5 Å². The summed E-state index contributed by atoms with van der Waals surface area (Å²) in [6.07, 6.45) is 0. The molecule has 3 rings (SSSR count). The van der Waals surface area contributed by atoms with Crippen molar-refractivity contribution in [1.82, 2.24) is 4.98 Å². The quantitative estimate of drug-likeness (QED) is 0.636. The van der Waals surface area contributed by atoms with E-state index in [0.717, 1.165) is 11.8 Å². The minimum absolute atomic E-state index is 0.0217. The molecule has 130 valence electrons. The Hall–Kier alpha value is -3.43. The zero-order chi connectivity index (χ0) is 18.7. The molecule has 0 radical (unpaired) electrons. The molecule has 0 atom stereocenters. The van der Waals surface area contributed by atoms with Gasteiger partial charge in [-0.05, 0) is 17.7 Å². The Morgan fingerprint density at radius 1 is 1.31 bits per heavy atom. The summed E-state index contributed by atoms with van der Waals surface area (Å²) >= 11 is 1.02. The van der Waals surface area contributed by atoms with Gasteiger partial charge in [-0.25, -0.2) is 4.98 Å². The second-order valence-electron chi connectivity index (χ2n) is 5.08. The van der Waals surface area contributed by atoms with Gasteiger partial charge in [-0.15, -0.1) is 0 Å². The minimum Gasteiger partial charge on any atom is -0.468 e. The Bertz CT molecular complexity index is 978. The molecule has 0 amide bonds. The number of nitrogens with zero attached hydrogens (tertiary/aromatic N) is 3. The van der Waals surface area contributed by atoms with Crippen LogP contribution in [0.25, 0.3) is 11.1 Å². The molecule has 0 unspecified atom stereocenters. The monoisotopic (exact) mass is 368 g/mol. The van der Waals surface area contributed by atoms with Gasteiger partial charge in [0.25, 0.3) is 0 Å². The van der Waals surface area contributed by atoms with Gasteiger partial charge in [0.15, 0.2) is 11.5 Å². The van der Waals surface area contributed by atoms with Crippen LogP contribution in [0.2, 0.25) is 0 Å². The summed E-state index contributed by atoms with van der Waals surface area (Å²) < 4.78 is 15.2. The van der Waals surface area contributed by atoms with Crippen LogP contribution < -0.4 is 15.2 Å². The largest absolute Gasteiger partial charge is 0.468 e. The van der Waals surface area contributed by atoms with E-state index in [1.807, 2.05) is 6.07 Å². The first-order chi connectivity index (χ1) is 12.6. The van der Waals surface area contributed by atoms with Crippen molar-refractivity contribution in [3.05, 3.63) is 29.3 Å². The number of pyridine rings is 1. The van der Waals surface area contributed by atoms with Crippen LogP contribution in [0.1, 0.15) is 11.1 Å². The molecular formula is C17H12N4O4S. The molecule has 0 bridgehead atoms. The number of esters is 1. The fourth-order valence-corrected chi connectivity index (χ4v) is 3.26. The van der Waals surface area contributed by atoms with Crippen LogP contribution in [0.4, 0.5) is 5.82 Å². The summed E-state index contributed by atoms with van der Waals surface area (Å²) in [5, 5.41) is 19.4. The number of fused-ring (bicyclic) bond motifs is 1. The maximum atomic E-state index is 11.4. The number of carbonyl (C=O) groups is 1. The van der Waals surface area contributed by atoms with Gasteiger partial charge in [-0.3, -0.25) is 4.79 Å². The van der Waals surface area contributed by atoms with Crippen molar-refractivity contribution in [2.45, 2.75) is 5.03 Å². The SMILES string of the molecule is COC(=O)CSc1nc(N)c(C#N)c(-c2ccc3c(c2)OCO3)c1C#N. The van der Waals surface area contributed by atoms with E-state index in [1.165, 1.54) is 7.11 Å². The molecule has 9 heteroatoms. The van der Waals surface area contributed by atoms with Gasteiger partial charge in [-0.2, -0.15) is 10.5 Å². The molecule has 2 heterocycles. The van der Waals surface area contributed by atoms with Crippen molar-refractivity contribution in [2.75, 3.05) is 25.4 Å².